The molecule has 1 fully saturated rings. The summed E-state index contributed by atoms with van der Waals surface area (Å²) in [7, 11) is 0. The van der Waals surface area contributed by atoms with Crippen LogP contribution in [0.1, 0.15) is 24.8 Å². The molecule has 0 radical (unpaired) electrons. The van der Waals surface area contributed by atoms with Gasteiger partial charge in [-0.15, -0.1) is 0 Å². The highest BCUT2D eigenvalue weighted by molar-refractivity contribution is 5.69. The summed E-state index contributed by atoms with van der Waals surface area (Å²) in [6, 6.07) is 7.53. The summed E-state index contributed by atoms with van der Waals surface area (Å²) >= 11 is 0. The molecule has 4 heteroatoms. The number of rotatable bonds is 7. The second-order valence-electron chi connectivity index (χ2n) is 4.69. The Balaban J connectivity index is 1.58. The Morgan fingerprint density at radius 2 is 2.22 bits per heavy atom. The van der Waals surface area contributed by atoms with E-state index in [-0.39, 0.29) is 12.8 Å². The number of aryl methyl sites for hydroxylation is 1. The molecule has 1 aromatic rings. The molecule has 0 saturated heterocycles. The van der Waals surface area contributed by atoms with E-state index < -0.39 is 0 Å². The van der Waals surface area contributed by atoms with Gasteiger partial charge < -0.3 is 15.2 Å². The number of benzene rings is 1. The van der Waals surface area contributed by atoms with Crippen LogP contribution in [0.25, 0.3) is 0 Å². The van der Waals surface area contributed by atoms with Gasteiger partial charge in [0.05, 0.1) is 6.61 Å². The lowest BCUT2D eigenvalue weighted by Crippen LogP contribution is -2.10. The van der Waals surface area contributed by atoms with Crippen LogP contribution < -0.4 is 5.73 Å². The largest absolute Gasteiger partial charge is 0.438 e. The van der Waals surface area contributed by atoms with Crippen LogP contribution in [-0.2, 0) is 20.7 Å². The van der Waals surface area contributed by atoms with Gasteiger partial charge in [-0.2, -0.15) is 0 Å². The van der Waals surface area contributed by atoms with Crippen LogP contribution in [-0.4, -0.2) is 19.4 Å². The molecule has 2 N–H and O–H groups in total. The molecule has 2 rings (SSSR count). The second kappa shape index (κ2) is 6.40. The van der Waals surface area contributed by atoms with Gasteiger partial charge in [0.25, 0.3) is 0 Å². The molecular formula is C14H19NO3. The predicted molar refractivity (Wildman–Crippen MR) is 68.8 cm³/mol. The van der Waals surface area contributed by atoms with Crippen molar-refractivity contribution in [1.29, 1.82) is 0 Å². The van der Waals surface area contributed by atoms with Crippen molar-refractivity contribution < 1.29 is 14.3 Å². The molecule has 4 nitrogen and oxygen atoms in total. The maximum atomic E-state index is 11.4. The average Bonchev–Trinajstić information content (AvgIpc) is 3.16. The Kier molecular flexibility index (Phi) is 4.59. The van der Waals surface area contributed by atoms with Gasteiger partial charge in [-0.25, -0.2) is 0 Å². The Hall–Kier alpha value is -1.55. The minimum atomic E-state index is -0.228. The molecule has 1 aromatic carbocycles. The van der Waals surface area contributed by atoms with Crippen LogP contribution in [0.2, 0.25) is 0 Å². The van der Waals surface area contributed by atoms with Crippen molar-refractivity contribution in [3.8, 4) is 0 Å². The van der Waals surface area contributed by atoms with Crippen LogP contribution in [0.15, 0.2) is 24.3 Å². The molecular weight excluding hydrogens is 230 g/mol. The predicted octanol–water partition coefficient (Wildman–Crippen LogP) is 2.13. The van der Waals surface area contributed by atoms with Crippen LogP contribution in [0, 0.1) is 5.92 Å². The topological polar surface area (TPSA) is 61.6 Å². The third-order valence-electron chi connectivity index (χ3n) is 2.92. The van der Waals surface area contributed by atoms with Crippen molar-refractivity contribution in [2.24, 2.45) is 5.92 Å². The monoisotopic (exact) mass is 249 g/mol. The quantitative estimate of drug-likeness (QED) is 0.348. The van der Waals surface area contributed by atoms with E-state index >= 15 is 0 Å². The molecule has 0 aromatic heterocycles. The molecule has 98 valence electrons. The van der Waals surface area contributed by atoms with Gasteiger partial charge in [0.1, 0.15) is 0 Å². The van der Waals surface area contributed by atoms with Gasteiger partial charge in [-0.1, -0.05) is 12.1 Å². The zero-order chi connectivity index (χ0) is 12.8. The molecule has 0 spiro atoms. The van der Waals surface area contributed by atoms with Crippen LogP contribution in [0.5, 0.6) is 0 Å². The average molecular weight is 249 g/mol. The lowest BCUT2D eigenvalue weighted by atomic mass is 10.1. The summed E-state index contributed by atoms with van der Waals surface area (Å²) < 4.78 is 10.2. The molecule has 1 saturated carbocycles. The first kappa shape index (κ1) is 12.9. The zero-order valence-corrected chi connectivity index (χ0v) is 10.4. The number of hydrogen-bond acceptors (Lipinski definition) is 4. The molecule has 0 atom stereocenters. The Bertz CT molecular complexity index is 402. The summed E-state index contributed by atoms with van der Waals surface area (Å²) in [4.78, 5) is 11.4. The fourth-order valence-corrected chi connectivity index (χ4v) is 1.67. The van der Waals surface area contributed by atoms with Gasteiger partial charge in [0, 0.05) is 12.1 Å². The highest BCUT2D eigenvalue weighted by Crippen LogP contribution is 2.28. The highest BCUT2D eigenvalue weighted by Gasteiger charge is 2.21. The molecule has 0 bridgehead atoms. The maximum Gasteiger partial charge on any atom is 0.308 e. The Morgan fingerprint density at radius 1 is 1.39 bits per heavy atom. The Morgan fingerprint density at radius 3 is 2.94 bits per heavy atom. The van der Waals surface area contributed by atoms with Gasteiger partial charge in [-0.05, 0) is 42.9 Å². The normalized spacial score (nSPS) is 14.4. The molecule has 1 aliphatic rings. The van der Waals surface area contributed by atoms with Crippen LogP contribution in [0.3, 0.4) is 0 Å². The first-order valence-electron chi connectivity index (χ1n) is 6.32. The van der Waals surface area contributed by atoms with Gasteiger partial charge in [0.15, 0.2) is 6.79 Å². The third-order valence-corrected chi connectivity index (χ3v) is 2.92. The van der Waals surface area contributed by atoms with Crippen molar-refractivity contribution in [2.75, 3.05) is 19.1 Å². The zero-order valence-electron chi connectivity index (χ0n) is 10.4. The number of ether oxygens (including phenoxy) is 2. The maximum absolute atomic E-state index is 11.4. The molecule has 1 aliphatic carbocycles. The van der Waals surface area contributed by atoms with E-state index in [9.17, 15) is 4.79 Å². The number of carbonyl (C=O) groups is 1. The lowest BCUT2D eigenvalue weighted by Gasteiger charge is -2.06. The molecule has 0 heterocycles. The number of hydrogen-bond donors (Lipinski definition) is 1. The summed E-state index contributed by atoms with van der Waals surface area (Å²) in [5, 5.41) is 0. The summed E-state index contributed by atoms with van der Waals surface area (Å²) in [6.45, 7) is 0.786. The number of carbonyl (C=O) groups excluding carboxylic acids is 1. The van der Waals surface area contributed by atoms with E-state index in [1.54, 1.807) is 0 Å². The fourth-order valence-electron chi connectivity index (χ4n) is 1.67. The van der Waals surface area contributed by atoms with Crippen LogP contribution in [0.4, 0.5) is 5.69 Å². The van der Waals surface area contributed by atoms with E-state index in [1.807, 2.05) is 24.3 Å². The minimum Gasteiger partial charge on any atom is -0.438 e. The molecule has 0 unspecified atom stereocenters. The number of esters is 1. The summed E-state index contributed by atoms with van der Waals surface area (Å²) in [6.07, 6.45) is 3.48. The van der Waals surface area contributed by atoms with Crippen molar-refractivity contribution in [3.05, 3.63) is 29.8 Å². The van der Waals surface area contributed by atoms with Crippen molar-refractivity contribution in [2.45, 2.75) is 25.7 Å². The number of nitrogen functional groups attached to an aromatic ring is 1. The standard InChI is InChI=1S/C14H19NO3/c15-13-3-1-2-11(8-13)6-7-14(16)18-10-17-9-12-4-5-12/h1-3,8,12H,4-7,9-10,15H2. The smallest absolute Gasteiger partial charge is 0.308 e. The molecule has 18 heavy (non-hydrogen) atoms. The lowest BCUT2D eigenvalue weighted by molar-refractivity contribution is -0.156. The van der Waals surface area contributed by atoms with Gasteiger partial charge in [0.2, 0.25) is 0 Å². The van der Waals surface area contributed by atoms with E-state index in [4.69, 9.17) is 15.2 Å². The first-order chi connectivity index (χ1) is 8.74. The van der Waals surface area contributed by atoms with Crippen molar-refractivity contribution in [1.82, 2.24) is 0 Å². The van der Waals surface area contributed by atoms with E-state index in [1.165, 1.54) is 12.8 Å². The van der Waals surface area contributed by atoms with Gasteiger partial charge >= 0.3 is 5.97 Å². The molecule has 0 aliphatic heterocycles. The van der Waals surface area contributed by atoms with Crippen molar-refractivity contribution >= 4 is 11.7 Å². The fraction of sp³-hybridized carbons (Fsp3) is 0.500. The first-order valence-corrected chi connectivity index (χ1v) is 6.32. The van der Waals surface area contributed by atoms with Crippen LogP contribution >= 0.6 is 0 Å². The second-order valence-corrected chi connectivity index (χ2v) is 4.69. The highest BCUT2D eigenvalue weighted by atomic mass is 16.7. The SMILES string of the molecule is Nc1cccc(CCC(=O)OCOCC2CC2)c1. The summed E-state index contributed by atoms with van der Waals surface area (Å²) in [5.41, 5.74) is 7.42. The third kappa shape index (κ3) is 4.75. The Labute approximate surface area is 107 Å². The number of nitrogens with two attached hydrogens (primary N) is 1. The van der Waals surface area contributed by atoms with E-state index in [0.29, 0.717) is 31.1 Å². The molecule has 0 amide bonds. The summed E-state index contributed by atoms with van der Waals surface area (Å²) in [5.74, 6) is 0.462. The van der Waals surface area contributed by atoms with Crippen molar-refractivity contribution in [3.63, 3.8) is 0 Å². The van der Waals surface area contributed by atoms with E-state index in [2.05, 4.69) is 0 Å². The van der Waals surface area contributed by atoms with Gasteiger partial charge in [-0.3, -0.25) is 4.79 Å². The van der Waals surface area contributed by atoms with E-state index in [0.717, 1.165) is 5.56 Å². The number of anilines is 1. The minimum absolute atomic E-state index is 0.0757.